The van der Waals surface area contributed by atoms with Crippen LogP contribution in [0.2, 0.25) is 0 Å². The number of carbonyl (C=O) groups excluding carboxylic acids is 3. The Kier molecular flexibility index (Phi) is 11.3. The van der Waals surface area contributed by atoms with Crippen LogP contribution in [0.3, 0.4) is 0 Å². The van der Waals surface area contributed by atoms with E-state index in [2.05, 4.69) is 25.9 Å². The Bertz CT molecular complexity index is 1780. The third kappa shape index (κ3) is 9.17. The Hall–Kier alpha value is -5.70. The topological polar surface area (TPSA) is 257 Å². The van der Waals surface area contributed by atoms with Gasteiger partial charge in [0.2, 0.25) is 17.7 Å². The number of H-pyrrole nitrogens is 2. The predicted molar refractivity (Wildman–Crippen MR) is 169 cm³/mol. The summed E-state index contributed by atoms with van der Waals surface area (Å²) < 4.78 is 0. The van der Waals surface area contributed by atoms with Crippen molar-refractivity contribution in [3.05, 3.63) is 72.1 Å². The molecule has 15 heteroatoms. The highest BCUT2D eigenvalue weighted by Crippen LogP contribution is 2.20. The minimum Gasteiger partial charge on any atom is -0.481 e. The summed E-state index contributed by atoms with van der Waals surface area (Å²) in [5.41, 5.74) is 9.15. The van der Waals surface area contributed by atoms with Gasteiger partial charge in [-0.15, -0.1) is 0 Å². The van der Waals surface area contributed by atoms with Gasteiger partial charge in [0.25, 0.3) is 0 Å². The van der Waals surface area contributed by atoms with E-state index in [4.69, 9.17) is 10.8 Å². The fraction of sp³-hybridized carbons (Fsp3) is 0.312. The minimum absolute atomic E-state index is 0.113. The number of aromatic nitrogens is 2. The maximum atomic E-state index is 13.6. The molecule has 2 heterocycles. The third-order valence-electron chi connectivity index (χ3n) is 7.72. The van der Waals surface area contributed by atoms with Gasteiger partial charge in [-0.2, -0.15) is 0 Å². The molecule has 15 nitrogen and oxygen atoms in total. The van der Waals surface area contributed by atoms with Gasteiger partial charge in [0.05, 0.1) is 6.04 Å². The van der Waals surface area contributed by atoms with E-state index in [1.807, 2.05) is 24.3 Å². The summed E-state index contributed by atoms with van der Waals surface area (Å²) in [6, 6.07) is 9.11. The summed E-state index contributed by atoms with van der Waals surface area (Å²) in [6.45, 7) is 0. The maximum Gasteiger partial charge on any atom is 0.326 e. The van der Waals surface area contributed by atoms with Crippen molar-refractivity contribution in [2.24, 2.45) is 5.73 Å². The molecule has 0 radical (unpaired) electrons. The summed E-state index contributed by atoms with van der Waals surface area (Å²) in [4.78, 5) is 80.6. The second kappa shape index (κ2) is 15.5. The summed E-state index contributed by atoms with van der Waals surface area (Å²) in [5.74, 6) is -6.48. The lowest BCUT2D eigenvalue weighted by Crippen LogP contribution is -2.57. The number of rotatable bonds is 17. The zero-order valence-electron chi connectivity index (χ0n) is 25.2. The number of carboxylic acids is 3. The summed E-state index contributed by atoms with van der Waals surface area (Å²) in [7, 11) is 0. The van der Waals surface area contributed by atoms with Crippen LogP contribution in [0.25, 0.3) is 21.8 Å². The van der Waals surface area contributed by atoms with E-state index in [-0.39, 0.29) is 19.3 Å². The lowest BCUT2D eigenvalue weighted by atomic mass is 10.0. The lowest BCUT2D eigenvalue weighted by Gasteiger charge is -2.25. The first-order chi connectivity index (χ1) is 22.4. The van der Waals surface area contributed by atoms with Crippen LogP contribution in [0.4, 0.5) is 0 Å². The average molecular weight is 649 g/mol. The molecule has 3 amide bonds. The first-order valence-electron chi connectivity index (χ1n) is 14.9. The van der Waals surface area contributed by atoms with Crippen LogP contribution >= 0.6 is 0 Å². The normalized spacial score (nSPS) is 13.7. The quantitative estimate of drug-likeness (QED) is 0.0785. The van der Waals surface area contributed by atoms with Gasteiger partial charge in [0, 0.05) is 53.5 Å². The van der Waals surface area contributed by atoms with E-state index >= 15 is 0 Å². The van der Waals surface area contributed by atoms with Crippen molar-refractivity contribution in [2.45, 2.75) is 62.7 Å². The number of fused-ring (bicyclic) bond motifs is 2. The predicted octanol–water partition coefficient (Wildman–Crippen LogP) is 1.03. The summed E-state index contributed by atoms with van der Waals surface area (Å²) in [6.07, 6.45) is 1.59. The molecule has 0 bridgehead atoms. The number of aromatic amines is 2. The highest BCUT2D eigenvalue weighted by molar-refractivity contribution is 5.95. The van der Waals surface area contributed by atoms with E-state index in [1.54, 1.807) is 36.7 Å². The van der Waals surface area contributed by atoms with Crippen LogP contribution in [-0.4, -0.2) is 85.1 Å². The number of carboxylic acid groups (broad SMARTS) is 3. The monoisotopic (exact) mass is 648 g/mol. The van der Waals surface area contributed by atoms with Crippen molar-refractivity contribution in [1.82, 2.24) is 25.9 Å². The molecular weight excluding hydrogens is 612 g/mol. The van der Waals surface area contributed by atoms with Crippen molar-refractivity contribution in [3.63, 3.8) is 0 Å². The molecule has 248 valence electrons. The van der Waals surface area contributed by atoms with Crippen LogP contribution in [0.5, 0.6) is 0 Å². The molecule has 4 unspecified atom stereocenters. The molecule has 4 rings (SSSR count). The molecule has 0 spiro atoms. The minimum atomic E-state index is -1.56. The number of hydrogen-bond donors (Lipinski definition) is 9. The smallest absolute Gasteiger partial charge is 0.326 e. The molecule has 0 aliphatic carbocycles. The molecule has 0 saturated heterocycles. The summed E-state index contributed by atoms with van der Waals surface area (Å²) >= 11 is 0. The van der Waals surface area contributed by atoms with Crippen molar-refractivity contribution in [3.8, 4) is 0 Å². The second-order valence-electron chi connectivity index (χ2n) is 11.1. The third-order valence-corrected chi connectivity index (χ3v) is 7.72. The Morgan fingerprint density at radius 2 is 1.06 bits per heavy atom. The van der Waals surface area contributed by atoms with Gasteiger partial charge in [-0.05, 0) is 42.5 Å². The van der Waals surface area contributed by atoms with Gasteiger partial charge in [-0.3, -0.25) is 24.0 Å². The largest absolute Gasteiger partial charge is 0.481 e. The van der Waals surface area contributed by atoms with E-state index in [1.165, 1.54) is 0 Å². The molecule has 0 aliphatic heterocycles. The Morgan fingerprint density at radius 3 is 1.60 bits per heavy atom. The van der Waals surface area contributed by atoms with Crippen LogP contribution in [0.1, 0.15) is 36.8 Å². The standard InChI is InChI=1S/C32H36N6O9/c33-21(13-17-15-34-22-7-3-1-5-19(17)22)29(43)36-24(9-11-27(39)40)30(44)38-26(14-18-16-35-23-8-4-2-6-20(18)23)31(45)37-25(32(46)47)10-12-28(41)42/h1-8,15-16,21,24-26,34-35H,9-14,33H2,(H,36,43)(H,37,45)(H,38,44)(H,39,40)(H,41,42)(H,46,47). The molecule has 2 aromatic heterocycles. The first-order valence-corrected chi connectivity index (χ1v) is 14.9. The van der Waals surface area contributed by atoms with E-state index in [0.29, 0.717) is 5.56 Å². The number of nitrogens with one attached hydrogen (secondary N) is 5. The van der Waals surface area contributed by atoms with E-state index in [9.17, 15) is 39.0 Å². The fourth-order valence-corrected chi connectivity index (χ4v) is 5.25. The number of aliphatic carboxylic acids is 3. The molecule has 0 aliphatic rings. The van der Waals surface area contributed by atoms with Crippen LogP contribution in [0.15, 0.2) is 60.9 Å². The van der Waals surface area contributed by atoms with Gasteiger partial charge >= 0.3 is 17.9 Å². The van der Waals surface area contributed by atoms with E-state index in [0.717, 1.165) is 27.4 Å². The molecule has 4 aromatic rings. The van der Waals surface area contributed by atoms with Gasteiger partial charge in [-0.25, -0.2) is 4.79 Å². The highest BCUT2D eigenvalue weighted by atomic mass is 16.4. The van der Waals surface area contributed by atoms with Crippen molar-refractivity contribution in [1.29, 1.82) is 0 Å². The van der Waals surface area contributed by atoms with Gasteiger partial charge in [0.1, 0.15) is 18.1 Å². The van der Waals surface area contributed by atoms with Gasteiger partial charge in [0.15, 0.2) is 0 Å². The Morgan fingerprint density at radius 1 is 0.617 bits per heavy atom. The number of hydrogen-bond acceptors (Lipinski definition) is 7. The average Bonchev–Trinajstić information content (AvgIpc) is 3.64. The number of amides is 3. The van der Waals surface area contributed by atoms with Crippen LogP contribution in [-0.2, 0) is 41.6 Å². The molecule has 0 saturated carbocycles. The number of carbonyl (C=O) groups is 6. The highest BCUT2D eigenvalue weighted by Gasteiger charge is 2.31. The molecule has 4 atom stereocenters. The lowest BCUT2D eigenvalue weighted by molar-refractivity contribution is -0.143. The van der Waals surface area contributed by atoms with E-state index < -0.39 is 79.1 Å². The zero-order chi connectivity index (χ0) is 34.1. The number of para-hydroxylation sites is 2. The van der Waals surface area contributed by atoms with Crippen molar-refractivity contribution in [2.75, 3.05) is 0 Å². The molecule has 47 heavy (non-hydrogen) atoms. The Labute approximate surface area is 267 Å². The van der Waals surface area contributed by atoms with Gasteiger partial charge < -0.3 is 47.0 Å². The van der Waals surface area contributed by atoms with Gasteiger partial charge in [-0.1, -0.05) is 36.4 Å². The molecule has 10 N–H and O–H groups in total. The van der Waals surface area contributed by atoms with Crippen LogP contribution in [0, 0.1) is 0 Å². The number of nitrogens with two attached hydrogens (primary N) is 1. The molecule has 2 aromatic carbocycles. The molecule has 0 fully saturated rings. The maximum absolute atomic E-state index is 13.6. The Balaban J connectivity index is 1.54. The zero-order valence-corrected chi connectivity index (χ0v) is 25.2. The second-order valence-corrected chi connectivity index (χ2v) is 11.1. The molecular formula is C32H36N6O9. The van der Waals surface area contributed by atoms with Crippen molar-refractivity contribution >= 4 is 57.4 Å². The number of benzene rings is 2. The first kappa shape index (κ1) is 34.2. The fourth-order valence-electron chi connectivity index (χ4n) is 5.25. The summed E-state index contributed by atoms with van der Waals surface area (Å²) in [5, 5.41) is 36.8. The van der Waals surface area contributed by atoms with Crippen molar-refractivity contribution < 1.29 is 44.1 Å². The van der Waals surface area contributed by atoms with Crippen LogP contribution < -0.4 is 21.7 Å². The SMILES string of the molecule is NC(Cc1c[nH]c2ccccc12)C(=O)NC(CCC(=O)O)C(=O)NC(Cc1c[nH]c2ccccc12)C(=O)NC(CCC(=O)O)C(=O)O.